The van der Waals surface area contributed by atoms with E-state index in [4.69, 9.17) is 0 Å². The number of aromatic nitrogens is 2. The molecular weight excluding hydrogens is 242 g/mol. The van der Waals surface area contributed by atoms with Gasteiger partial charge in [0.2, 0.25) is 0 Å². The Labute approximate surface area is 94.0 Å². The van der Waals surface area contributed by atoms with E-state index < -0.39 is 0 Å². The summed E-state index contributed by atoms with van der Waals surface area (Å²) < 4.78 is 3.13. The van der Waals surface area contributed by atoms with Crippen LogP contribution in [0.3, 0.4) is 0 Å². The molecule has 0 atom stereocenters. The van der Waals surface area contributed by atoms with Gasteiger partial charge in [0.1, 0.15) is 0 Å². The van der Waals surface area contributed by atoms with Crippen LogP contribution in [0.5, 0.6) is 0 Å². The van der Waals surface area contributed by atoms with Crippen LogP contribution >= 0.6 is 15.9 Å². The second-order valence-corrected chi connectivity index (χ2v) is 4.22. The van der Waals surface area contributed by atoms with Crippen LogP contribution in [-0.4, -0.2) is 22.9 Å². The number of nitrogens with zero attached hydrogens (tertiary/aromatic N) is 2. The molecule has 0 amide bonds. The molecule has 0 radical (unpaired) electrons. The molecule has 0 aliphatic heterocycles. The van der Waals surface area contributed by atoms with Gasteiger partial charge in [0.25, 0.3) is 0 Å². The quantitative estimate of drug-likeness (QED) is 0.821. The molecule has 80 valence electrons. The van der Waals surface area contributed by atoms with E-state index in [1.165, 1.54) is 5.69 Å². The number of hydrogen-bond acceptors (Lipinski definition) is 2. The number of nitrogens with one attached hydrogen (secondary N) is 1. The Morgan fingerprint density at radius 3 is 2.71 bits per heavy atom. The molecule has 0 unspecified atom stereocenters. The first kappa shape index (κ1) is 11.7. The highest BCUT2D eigenvalue weighted by atomic mass is 79.9. The largest absolute Gasteiger partial charge is 0.317 e. The van der Waals surface area contributed by atoms with E-state index in [9.17, 15) is 0 Å². The molecule has 0 spiro atoms. The van der Waals surface area contributed by atoms with E-state index >= 15 is 0 Å². The second kappa shape index (κ2) is 5.51. The maximum atomic E-state index is 4.36. The zero-order valence-corrected chi connectivity index (χ0v) is 10.7. The summed E-state index contributed by atoms with van der Waals surface area (Å²) in [5.74, 6) is 0. The summed E-state index contributed by atoms with van der Waals surface area (Å²) in [5.41, 5.74) is 2.37. The second-order valence-electron chi connectivity index (χ2n) is 3.43. The fourth-order valence-corrected chi connectivity index (χ4v) is 2.04. The Bertz CT molecular complexity index is 294. The van der Waals surface area contributed by atoms with Gasteiger partial charge in [0.05, 0.1) is 15.9 Å². The third-order valence-corrected chi connectivity index (χ3v) is 3.31. The van der Waals surface area contributed by atoms with E-state index in [0.717, 1.165) is 36.1 Å². The van der Waals surface area contributed by atoms with Gasteiger partial charge in [-0.2, -0.15) is 5.10 Å². The molecule has 1 heterocycles. The van der Waals surface area contributed by atoms with Crippen molar-refractivity contribution in [3.05, 3.63) is 15.9 Å². The number of aryl methyl sites for hydroxylation is 2. The summed E-state index contributed by atoms with van der Waals surface area (Å²) in [6.07, 6.45) is 2.23. The van der Waals surface area contributed by atoms with Crippen molar-refractivity contribution in [3.63, 3.8) is 0 Å². The molecule has 3 nitrogen and oxygen atoms in total. The third kappa shape index (κ3) is 2.82. The van der Waals surface area contributed by atoms with Crippen molar-refractivity contribution in [2.75, 3.05) is 13.1 Å². The molecular formula is C10H18BrN3. The highest BCUT2D eigenvalue weighted by Crippen LogP contribution is 2.21. The molecule has 1 N–H and O–H groups in total. The van der Waals surface area contributed by atoms with Crippen molar-refractivity contribution in [2.24, 2.45) is 7.05 Å². The Kier molecular flexibility index (Phi) is 4.62. The van der Waals surface area contributed by atoms with E-state index in [-0.39, 0.29) is 0 Å². The van der Waals surface area contributed by atoms with E-state index in [1.807, 2.05) is 18.7 Å². The zero-order chi connectivity index (χ0) is 10.6. The van der Waals surface area contributed by atoms with E-state index in [1.54, 1.807) is 0 Å². The van der Waals surface area contributed by atoms with Crippen LogP contribution in [0.2, 0.25) is 0 Å². The Morgan fingerprint density at radius 2 is 2.21 bits per heavy atom. The van der Waals surface area contributed by atoms with Crippen molar-refractivity contribution in [1.29, 1.82) is 0 Å². The molecule has 0 aliphatic carbocycles. The zero-order valence-electron chi connectivity index (χ0n) is 9.10. The van der Waals surface area contributed by atoms with Gasteiger partial charge in [-0.1, -0.05) is 6.92 Å². The highest BCUT2D eigenvalue weighted by Gasteiger charge is 2.09. The predicted molar refractivity (Wildman–Crippen MR) is 62.5 cm³/mol. The van der Waals surface area contributed by atoms with Crippen molar-refractivity contribution in [1.82, 2.24) is 15.1 Å². The lowest BCUT2D eigenvalue weighted by Gasteiger charge is -2.03. The van der Waals surface area contributed by atoms with Crippen LogP contribution < -0.4 is 5.32 Å². The molecule has 1 aromatic heterocycles. The molecule has 0 fully saturated rings. The topological polar surface area (TPSA) is 29.9 Å². The summed E-state index contributed by atoms with van der Waals surface area (Å²) in [6, 6.07) is 0. The van der Waals surface area contributed by atoms with Crippen molar-refractivity contribution in [2.45, 2.75) is 26.7 Å². The van der Waals surface area contributed by atoms with Gasteiger partial charge in [0, 0.05) is 7.05 Å². The van der Waals surface area contributed by atoms with Crippen LogP contribution in [0.4, 0.5) is 0 Å². The minimum absolute atomic E-state index is 1.05. The first-order valence-corrected chi connectivity index (χ1v) is 5.84. The molecule has 14 heavy (non-hydrogen) atoms. The van der Waals surface area contributed by atoms with Gasteiger partial charge in [-0.15, -0.1) is 0 Å². The van der Waals surface area contributed by atoms with Crippen molar-refractivity contribution >= 4 is 15.9 Å². The standard InChI is InChI=1S/C10H18BrN3/c1-4-12-7-5-6-9-10(11)8(2)13-14(9)3/h12H,4-7H2,1-3H3. The van der Waals surface area contributed by atoms with Gasteiger partial charge in [-0.25, -0.2) is 0 Å². The number of halogens is 1. The van der Waals surface area contributed by atoms with Crippen LogP contribution in [0.15, 0.2) is 4.47 Å². The molecule has 0 saturated carbocycles. The predicted octanol–water partition coefficient (Wildman–Crippen LogP) is 2.03. The normalized spacial score (nSPS) is 10.9. The minimum Gasteiger partial charge on any atom is -0.317 e. The molecule has 0 bridgehead atoms. The first-order chi connectivity index (χ1) is 6.66. The summed E-state index contributed by atoms with van der Waals surface area (Å²) >= 11 is 3.57. The summed E-state index contributed by atoms with van der Waals surface area (Å²) in [7, 11) is 2.00. The summed E-state index contributed by atoms with van der Waals surface area (Å²) in [5, 5.41) is 7.68. The molecule has 0 saturated heterocycles. The average Bonchev–Trinajstić information content (AvgIpc) is 2.38. The van der Waals surface area contributed by atoms with Gasteiger partial charge in [-0.3, -0.25) is 4.68 Å². The van der Waals surface area contributed by atoms with Crippen LogP contribution in [0.25, 0.3) is 0 Å². The molecule has 1 rings (SSSR count). The SMILES string of the molecule is CCNCCCc1c(Br)c(C)nn1C. The molecule has 0 aromatic carbocycles. The van der Waals surface area contributed by atoms with Crippen LogP contribution in [0, 0.1) is 6.92 Å². The van der Waals surface area contributed by atoms with Crippen molar-refractivity contribution in [3.8, 4) is 0 Å². The van der Waals surface area contributed by atoms with Gasteiger partial charge < -0.3 is 5.32 Å². The van der Waals surface area contributed by atoms with Crippen LogP contribution in [-0.2, 0) is 13.5 Å². The van der Waals surface area contributed by atoms with Gasteiger partial charge in [0.15, 0.2) is 0 Å². The fraction of sp³-hybridized carbons (Fsp3) is 0.700. The Morgan fingerprint density at radius 1 is 1.50 bits per heavy atom. The van der Waals surface area contributed by atoms with E-state index in [2.05, 4.69) is 33.3 Å². The lowest BCUT2D eigenvalue weighted by atomic mass is 10.2. The Balaban J connectivity index is 2.49. The fourth-order valence-electron chi connectivity index (χ4n) is 1.51. The molecule has 1 aromatic rings. The van der Waals surface area contributed by atoms with E-state index in [0.29, 0.717) is 0 Å². The maximum Gasteiger partial charge on any atom is 0.0738 e. The molecule has 0 aliphatic rings. The molecule has 4 heteroatoms. The highest BCUT2D eigenvalue weighted by molar-refractivity contribution is 9.10. The summed E-state index contributed by atoms with van der Waals surface area (Å²) in [6.45, 7) is 6.28. The lowest BCUT2D eigenvalue weighted by molar-refractivity contribution is 0.635. The minimum atomic E-state index is 1.05. The van der Waals surface area contributed by atoms with Crippen LogP contribution in [0.1, 0.15) is 24.7 Å². The monoisotopic (exact) mass is 259 g/mol. The first-order valence-electron chi connectivity index (χ1n) is 5.05. The summed E-state index contributed by atoms with van der Waals surface area (Å²) in [4.78, 5) is 0. The smallest absolute Gasteiger partial charge is 0.0738 e. The lowest BCUT2D eigenvalue weighted by Crippen LogP contribution is -2.15. The third-order valence-electron chi connectivity index (χ3n) is 2.28. The number of rotatable bonds is 5. The maximum absolute atomic E-state index is 4.36. The average molecular weight is 260 g/mol. The Hall–Kier alpha value is -0.350. The van der Waals surface area contributed by atoms with Gasteiger partial charge >= 0.3 is 0 Å². The van der Waals surface area contributed by atoms with Crippen molar-refractivity contribution < 1.29 is 0 Å². The van der Waals surface area contributed by atoms with Gasteiger partial charge in [-0.05, 0) is 48.8 Å². The number of hydrogen-bond donors (Lipinski definition) is 1.